The smallest absolute Gasteiger partial charge is 0.423 e. The highest BCUT2D eigenvalue weighted by Crippen LogP contribution is 2.14. The fourth-order valence-corrected chi connectivity index (χ4v) is 1.29. The lowest BCUT2D eigenvalue weighted by atomic mass is 9.80. The lowest BCUT2D eigenvalue weighted by molar-refractivity contribution is 0.0764. The molecule has 4 heteroatoms. The summed E-state index contributed by atoms with van der Waals surface area (Å²) in [6.07, 6.45) is 0.0462. The second-order valence-electron chi connectivity index (χ2n) is 3.14. The molecule has 1 aromatic carbocycles. The number of hydrogen-bond donors (Lipinski definition) is 2. The van der Waals surface area contributed by atoms with Crippen molar-refractivity contribution in [1.29, 1.82) is 0 Å². The van der Waals surface area contributed by atoms with Crippen molar-refractivity contribution < 1.29 is 14.8 Å². The maximum absolute atomic E-state index is 8.88. The zero-order valence-electron chi connectivity index (χ0n) is 8.47. The van der Waals surface area contributed by atoms with Crippen molar-refractivity contribution >= 4 is 12.6 Å². The van der Waals surface area contributed by atoms with Gasteiger partial charge >= 0.3 is 7.12 Å². The molecule has 0 aliphatic heterocycles. The van der Waals surface area contributed by atoms with Crippen LogP contribution in [0, 0.1) is 0 Å². The van der Waals surface area contributed by atoms with Gasteiger partial charge in [0.05, 0.1) is 6.10 Å². The second kappa shape index (κ2) is 5.15. The van der Waals surface area contributed by atoms with E-state index in [1.54, 1.807) is 12.1 Å². The van der Waals surface area contributed by atoms with E-state index in [2.05, 4.69) is 0 Å². The van der Waals surface area contributed by atoms with Crippen LogP contribution in [0.2, 0.25) is 0 Å². The van der Waals surface area contributed by atoms with Crippen LogP contribution in [0.1, 0.15) is 25.5 Å². The average Bonchev–Trinajstić information content (AvgIpc) is 2.18. The predicted molar refractivity (Wildman–Crippen MR) is 56.3 cm³/mol. The van der Waals surface area contributed by atoms with Gasteiger partial charge in [-0.1, -0.05) is 24.3 Å². The third-order valence-electron chi connectivity index (χ3n) is 2.12. The third-order valence-corrected chi connectivity index (χ3v) is 2.12. The summed E-state index contributed by atoms with van der Waals surface area (Å²) in [6, 6.07) is 7.06. The monoisotopic (exact) mass is 194 g/mol. The Bertz CT molecular complexity index is 271. The lowest BCUT2D eigenvalue weighted by Crippen LogP contribution is -2.29. The third kappa shape index (κ3) is 2.84. The van der Waals surface area contributed by atoms with Crippen LogP contribution >= 0.6 is 0 Å². The van der Waals surface area contributed by atoms with Gasteiger partial charge in [0.2, 0.25) is 0 Å². The van der Waals surface area contributed by atoms with Gasteiger partial charge in [-0.2, -0.15) is 0 Å². The lowest BCUT2D eigenvalue weighted by Gasteiger charge is -2.12. The Labute approximate surface area is 84.5 Å². The van der Waals surface area contributed by atoms with Gasteiger partial charge in [-0.25, -0.2) is 0 Å². The van der Waals surface area contributed by atoms with Crippen molar-refractivity contribution in [3.8, 4) is 0 Å². The number of benzene rings is 1. The molecule has 0 bridgehead atoms. The summed E-state index contributed by atoms with van der Waals surface area (Å²) in [5, 5.41) is 17.8. The van der Waals surface area contributed by atoms with E-state index >= 15 is 0 Å². The molecule has 1 rings (SSSR count). The minimum atomic E-state index is -1.40. The fourth-order valence-electron chi connectivity index (χ4n) is 1.29. The summed E-state index contributed by atoms with van der Waals surface area (Å²) >= 11 is 0. The van der Waals surface area contributed by atoms with Gasteiger partial charge in [0.15, 0.2) is 0 Å². The molecule has 1 aromatic rings. The van der Waals surface area contributed by atoms with Gasteiger partial charge in [-0.15, -0.1) is 0 Å². The molecule has 0 fully saturated rings. The standard InChI is InChI=1S/C10H15BO3/c1-3-14-8(2)9-4-6-10(7-5-9)11(12)13/h4-8,12-13H,3H2,1-2H3/t8-/m1/s1. The minimum absolute atomic E-state index is 0.0462. The van der Waals surface area contributed by atoms with Crippen molar-refractivity contribution in [1.82, 2.24) is 0 Å². The molecular weight excluding hydrogens is 179 g/mol. The Balaban J connectivity index is 2.72. The van der Waals surface area contributed by atoms with Crippen LogP contribution in [0.3, 0.4) is 0 Å². The molecule has 0 saturated heterocycles. The van der Waals surface area contributed by atoms with E-state index in [1.165, 1.54) is 0 Å². The van der Waals surface area contributed by atoms with Crippen LogP contribution in [0.4, 0.5) is 0 Å². The van der Waals surface area contributed by atoms with E-state index in [1.807, 2.05) is 26.0 Å². The Morgan fingerprint density at radius 2 is 1.86 bits per heavy atom. The molecule has 0 aliphatic rings. The van der Waals surface area contributed by atoms with Gasteiger partial charge in [0.1, 0.15) is 0 Å². The molecule has 1 atom stereocenters. The zero-order chi connectivity index (χ0) is 10.6. The van der Waals surface area contributed by atoms with Crippen LogP contribution < -0.4 is 5.46 Å². The molecule has 14 heavy (non-hydrogen) atoms. The first kappa shape index (κ1) is 11.2. The topological polar surface area (TPSA) is 49.7 Å². The molecular formula is C10H15BO3. The van der Waals surface area contributed by atoms with Crippen molar-refractivity contribution in [3.05, 3.63) is 29.8 Å². The highest BCUT2D eigenvalue weighted by molar-refractivity contribution is 6.58. The van der Waals surface area contributed by atoms with Crippen molar-refractivity contribution in [2.24, 2.45) is 0 Å². The van der Waals surface area contributed by atoms with E-state index in [-0.39, 0.29) is 6.10 Å². The highest BCUT2D eigenvalue weighted by Gasteiger charge is 2.11. The molecule has 0 aromatic heterocycles. The maximum Gasteiger partial charge on any atom is 0.488 e. The summed E-state index contributed by atoms with van der Waals surface area (Å²) < 4.78 is 5.40. The molecule has 2 N–H and O–H groups in total. The Kier molecular flexibility index (Phi) is 4.13. The number of ether oxygens (including phenoxy) is 1. The minimum Gasteiger partial charge on any atom is -0.423 e. The van der Waals surface area contributed by atoms with E-state index in [4.69, 9.17) is 14.8 Å². The van der Waals surface area contributed by atoms with E-state index in [0.717, 1.165) is 5.56 Å². The van der Waals surface area contributed by atoms with Gasteiger partial charge < -0.3 is 14.8 Å². The van der Waals surface area contributed by atoms with Crippen LogP contribution in [0.15, 0.2) is 24.3 Å². The van der Waals surface area contributed by atoms with E-state index < -0.39 is 7.12 Å². The number of hydrogen-bond acceptors (Lipinski definition) is 3. The largest absolute Gasteiger partial charge is 0.488 e. The van der Waals surface area contributed by atoms with Crippen LogP contribution in [-0.2, 0) is 4.74 Å². The Morgan fingerprint density at radius 1 is 1.29 bits per heavy atom. The molecule has 0 spiro atoms. The summed E-state index contributed by atoms with van der Waals surface area (Å²) in [5.41, 5.74) is 1.54. The van der Waals surface area contributed by atoms with Gasteiger partial charge in [-0.05, 0) is 24.9 Å². The summed E-state index contributed by atoms with van der Waals surface area (Å²) in [5.74, 6) is 0. The average molecular weight is 194 g/mol. The van der Waals surface area contributed by atoms with Crippen molar-refractivity contribution in [2.45, 2.75) is 20.0 Å². The highest BCUT2D eigenvalue weighted by atomic mass is 16.5. The molecule has 0 unspecified atom stereocenters. The Hall–Kier alpha value is -0.835. The molecule has 0 heterocycles. The molecule has 0 aliphatic carbocycles. The first-order chi connectivity index (χ1) is 6.65. The first-order valence-electron chi connectivity index (χ1n) is 4.72. The van der Waals surface area contributed by atoms with Crippen LogP contribution in [0.25, 0.3) is 0 Å². The molecule has 3 nitrogen and oxygen atoms in total. The maximum atomic E-state index is 8.88. The molecule has 0 amide bonds. The van der Waals surface area contributed by atoms with E-state index in [9.17, 15) is 0 Å². The second-order valence-corrected chi connectivity index (χ2v) is 3.14. The number of rotatable bonds is 4. The first-order valence-corrected chi connectivity index (χ1v) is 4.72. The quantitative estimate of drug-likeness (QED) is 0.684. The van der Waals surface area contributed by atoms with Crippen molar-refractivity contribution in [3.63, 3.8) is 0 Å². The molecule has 76 valence electrons. The SMILES string of the molecule is CCO[C@H](C)c1ccc(B(O)O)cc1. The summed E-state index contributed by atoms with van der Waals surface area (Å²) in [7, 11) is -1.40. The fraction of sp³-hybridized carbons (Fsp3) is 0.400. The Morgan fingerprint density at radius 3 is 2.29 bits per heavy atom. The molecule has 0 saturated carbocycles. The van der Waals surface area contributed by atoms with Gasteiger partial charge in [0.25, 0.3) is 0 Å². The molecule has 0 radical (unpaired) electrons. The zero-order valence-corrected chi connectivity index (χ0v) is 8.47. The summed E-state index contributed by atoms with van der Waals surface area (Å²) in [4.78, 5) is 0. The normalized spacial score (nSPS) is 12.6. The predicted octanol–water partition coefficient (Wildman–Crippen LogP) is 0.464. The van der Waals surface area contributed by atoms with Gasteiger partial charge in [0, 0.05) is 6.61 Å². The summed E-state index contributed by atoms with van der Waals surface area (Å²) in [6.45, 7) is 4.59. The van der Waals surface area contributed by atoms with Crippen LogP contribution in [-0.4, -0.2) is 23.8 Å². The van der Waals surface area contributed by atoms with E-state index in [0.29, 0.717) is 12.1 Å². The van der Waals surface area contributed by atoms with Gasteiger partial charge in [-0.3, -0.25) is 0 Å². The van der Waals surface area contributed by atoms with Crippen molar-refractivity contribution in [2.75, 3.05) is 6.61 Å². The van der Waals surface area contributed by atoms with Crippen LogP contribution in [0.5, 0.6) is 0 Å².